The van der Waals surface area contributed by atoms with Crippen molar-refractivity contribution in [3.63, 3.8) is 0 Å². The van der Waals surface area contributed by atoms with Gasteiger partial charge in [0.2, 0.25) is 5.91 Å². The molecule has 1 aliphatic rings. The smallest absolute Gasteiger partial charge is 0.253 e. The molecule has 3 heterocycles. The Morgan fingerprint density at radius 1 is 1.17 bits per heavy atom. The van der Waals surface area contributed by atoms with Crippen LogP contribution in [0.4, 0.5) is 5.69 Å². The first-order chi connectivity index (χ1) is 14.7. The number of amides is 2. The summed E-state index contributed by atoms with van der Waals surface area (Å²) in [6, 6.07) is 11.8. The van der Waals surface area contributed by atoms with Crippen LogP contribution in [0, 0.1) is 0 Å². The molecule has 156 valence electrons. The van der Waals surface area contributed by atoms with Gasteiger partial charge in [-0.15, -0.1) is 11.3 Å². The first kappa shape index (κ1) is 20.3. The fourth-order valence-electron chi connectivity index (χ4n) is 3.87. The van der Waals surface area contributed by atoms with Gasteiger partial charge in [0.25, 0.3) is 5.91 Å². The van der Waals surface area contributed by atoms with Gasteiger partial charge in [-0.1, -0.05) is 12.1 Å². The monoisotopic (exact) mass is 422 g/mol. The highest BCUT2D eigenvalue weighted by molar-refractivity contribution is 7.09. The van der Waals surface area contributed by atoms with Crippen LogP contribution in [0.2, 0.25) is 0 Å². The van der Waals surface area contributed by atoms with E-state index in [4.69, 9.17) is 0 Å². The SMILES string of the molecule is O=C(CCCc1cccs1)Nc1cccc(C(=O)N2CCC(n3ccnc3)CC2)c1. The Morgan fingerprint density at radius 2 is 2.03 bits per heavy atom. The van der Waals surface area contributed by atoms with Crippen LogP contribution in [0.1, 0.15) is 47.0 Å². The van der Waals surface area contributed by atoms with E-state index < -0.39 is 0 Å². The number of carbonyl (C=O) groups is 2. The molecule has 0 saturated carbocycles. The number of benzene rings is 1. The molecular weight excluding hydrogens is 396 g/mol. The molecule has 0 unspecified atom stereocenters. The Hall–Kier alpha value is -2.93. The van der Waals surface area contributed by atoms with Crippen molar-refractivity contribution in [2.24, 2.45) is 0 Å². The molecule has 1 aliphatic heterocycles. The number of rotatable bonds is 7. The molecule has 0 aliphatic carbocycles. The van der Waals surface area contributed by atoms with E-state index in [9.17, 15) is 9.59 Å². The number of imidazole rings is 1. The maximum absolute atomic E-state index is 12.9. The Kier molecular flexibility index (Phi) is 6.59. The molecule has 6 nitrogen and oxygen atoms in total. The Morgan fingerprint density at radius 3 is 2.77 bits per heavy atom. The van der Waals surface area contributed by atoms with Crippen LogP contribution in [-0.2, 0) is 11.2 Å². The standard InChI is InChI=1S/C23H26N4O2S/c28-22(8-2-6-21-7-3-15-30-21)25-19-5-1-4-18(16-19)23(29)26-12-9-20(10-13-26)27-14-11-24-17-27/h1,3-5,7,11,14-17,20H,2,6,8-10,12-13H2,(H,25,28). The zero-order chi connectivity index (χ0) is 20.8. The number of hydrogen-bond donors (Lipinski definition) is 1. The summed E-state index contributed by atoms with van der Waals surface area (Å²) in [5, 5.41) is 4.98. The summed E-state index contributed by atoms with van der Waals surface area (Å²) in [6.07, 6.45) is 9.65. The van der Waals surface area contributed by atoms with E-state index in [-0.39, 0.29) is 11.8 Å². The minimum absolute atomic E-state index is 0.0164. The van der Waals surface area contributed by atoms with Gasteiger partial charge in [0, 0.05) is 54.1 Å². The molecule has 0 radical (unpaired) electrons. The number of nitrogens with one attached hydrogen (secondary N) is 1. The van der Waals surface area contributed by atoms with E-state index in [1.54, 1.807) is 23.6 Å². The number of likely N-dealkylation sites (tertiary alicyclic amines) is 1. The van der Waals surface area contributed by atoms with Crippen molar-refractivity contribution in [1.29, 1.82) is 0 Å². The lowest BCUT2D eigenvalue weighted by Gasteiger charge is -2.32. The summed E-state index contributed by atoms with van der Waals surface area (Å²) in [4.78, 5) is 32.5. The summed E-state index contributed by atoms with van der Waals surface area (Å²) in [6.45, 7) is 1.45. The van der Waals surface area contributed by atoms with Crippen molar-refractivity contribution < 1.29 is 9.59 Å². The number of thiophene rings is 1. The van der Waals surface area contributed by atoms with Gasteiger partial charge >= 0.3 is 0 Å². The lowest BCUT2D eigenvalue weighted by molar-refractivity contribution is -0.116. The summed E-state index contributed by atoms with van der Waals surface area (Å²) in [5.74, 6) is 0.00479. The van der Waals surface area contributed by atoms with Gasteiger partial charge in [-0.05, 0) is 55.3 Å². The molecule has 2 aromatic heterocycles. The zero-order valence-corrected chi connectivity index (χ0v) is 17.7. The quantitative estimate of drug-likeness (QED) is 0.614. The number of aromatic nitrogens is 2. The highest BCUT2D eigenvalue weighted by Crippen LogP contribution is 2.24. The normalized spacial score (nSPS) is 14.6. The van der Waals surface area contributed by atoms with Crippen molar-refractivity contribution in [1.82, 2.24) is 14.5 Å². The average Bonchev–Trinajstić information content (AvgIpc) is 3.48. The highest BCUT2D eigenvalue weighted by atomic mass is 32.1. The van der Waals surface area contributed by atoms with Crippen molar-refractivity contribution >= 4 is 28.8 Å². The van der Waals surface area contributed by atoms with Crippen LogP contribution in [0.15, 0.2) is 60.5 Å². The van der Waals surface area contributed by atoms with E-state index in [0.717, 1.165) is 38.8 Å². The number of piperidine rings is 1. The molecule has 1 saturated heterocycles. The van der Waals surface area contributed by atoms with Crippen LogP contribution in [0.3, 0.4) is 0 Å². The second-order valence-electron chi connectivity index (χ2n) is 7.60. The molecule has 30 heavy (non-hydrogen) atoms. The predicted octanol–water partition coefficient (Wildman–Crippen LogP) is 4.38. The number of carbonyl (C=O) groups excluding carboxylic acids is 2. The van der Waals surface area contributed by atoms with Crippen molar-refractivity contribution in [2.45, 2.75) is 38.1 Å². The van der Waals surface area contributed by atoms with Gasteiger partial charge < -0.3 is 14.8 Å². The molecule has 7 heteroatoms. The van der Waals surface area contributed by atoms with E-state index in [1.807, 2.05) is 41.7 Å². The van der Waals surface area contributed by atoms with E-state index in [0.29, 0.717) is 23.7 Å². The zero-order valence-electron chi connectivity index (χ0n) is 16.9. The lowest BCUT2D eigenvalue weighted by atomic mass is 10.0. The van der Waals surface area contributed by atoms with Crippen LogP contribution in [-0.4, -0.2) is 39.4 Å². The summed E-state index contributed by atoms with van der Waals surface area (Å²) in [7, 11) is 0. The molecular formula is C23H26N4O2S. The molecule has 0 atom stereocenters. The Bertz CT molecular complexity index is 961. The van der Waals surface area contributed by atoms with Crippen molar-refractivity contribution in [3.8, 4) is 0 Å². The molecule has 3 aromatic rings. The van der Waals surface area contributed by atoms with E-state index >= 15 is 0 Å². The molecule has 1 aromatic carbocycles. The topological polar surface area (TPSA) is 67.2 Å². The molecule has 0 spiro atoms. The van der Waals surface area contributed by atoms with Gasteiger partial charge in [-0.3, -0.25) is 9.59 Å². The molecule has 0 bridgehead atoms. The molecule has 4 rings (SSSR count). The van der Waals surface area contributed by atoms with Gasteiger partial charge in [0.15, 0.2) is 0 Å². The first-order valence-corrected chi connectivity index (χ1v) is 11.3. The molecule has 1 fully saturated rings. The summed E-state index contributed by atoms with van der Waals surface area (Å²) >= 11 is 1.72. The molecule has 1 N–H and O–H groups in total. The average molecular weight is 423 g/mol. The summed E-state index contributed by atoms with van der Waals surface area (Å²) < 4.78 is 2.12. The number of aryl methyl sites for hydroxylation is 1. The van der Waals surface area contributed by atoms with Crippen molar-refractivity contribution in [3.05, 3.63) is 70.9 Å². The fraction of sp³-hybridized carbons (Fsp3) is 0.348. The molecule has 2 amide bonds. The first-order valence-electron chi connectivity index (χ1n) is 10.4. The van der Waals surface area contributed by atoms with Crippen LogP contribution in [0.25, 0.3) is 0 Å². The maximum Gasteiger partial charge on any atom is 0.253 e. The third kappa shape index (κ3) is 5.16. The number of nitrogens with zero attached hydrogens (tertiary/aromatic N) is 3. The second-order valence-corrected chi connectivity index (χ2v) is 8.63. The van der Waals surface area contributed by atoms with Crippen LogP contribution < -0.4 is 5.32 Å². The second kappa shape index (κ2) is 9.71. The number of hydrogen-bond acceptors (Lipinski definition) is 4. The minimum atomic E-state index is -0.0164. The largest absolute Gasteiger partial charge is 0.338 e. The van der Waals surface area contributed by atoms with Gasteiger partial charge in [-0.2, -0.15) is 0 Å². The van der Waals surface area contributed by atoms with E-state index in [2.05, 4.69) is 26.3 Å². The fourth-order valence-corrected chi connectivity index (χ4v) is 4.62. The van der Waals surface area contributed by atoms with Crippen LogP contribution >= 0.6 is 11.3 Å². The predicted molar refractivity (Wildman–Crippen MR) is 119 cm³/mol. The Balaban J connectivity index is 1.28. The summed E-state index contributed by atoms with van der Waals surface area (Å²) in [5.41, 5.74) is 1.29. The van der Waals surface area contributed by atoms with Gasteiger partial charge in [0.1, 0.15) is 0 Å². The number of anilines is 1. The van der Waals surface area contributed by atoms with Gasteiger partial charge in [0.05, 0.1) is 6.33 Å². The lowest BCUT2D eigenvalue weighted by Crippen LogP contribution is -2.38. The highest BCUT2D eigenvalue weighted by Gasteiger charge is 2.24. The van der Waals surface area contributed by atoms with E-state index in [1.165, 1.54) is 4.88 Å². The van der Waals surface area contributed by atoms with Crippen molar-refractivity contribution in [2.75, 3.05) is 18.4 Å². The van der Waals surface area contributed by atoms with Crippen LogP contribution in [0.5, 0.6) is 0 Å². The maximum atomic E-state index is 12.9. The minimum Gasteiger partial charge on any atom is -0.338 e. The Labute approximate surface area is 180 Å². The third-order valence-electron chi connectivity index (χ3n) is 5.50. The third-order valence-corrected chi connectivity index (χ3v) is 6.43. The van der Waals surface area contributed by atoms with Gasteiger partial charge in [-0.25, -0.2) is 4.98 Å².